The Morgan fingerprint density at radius 2 is 1.85 bits per heavy atom. The molecule has 6 atom stereocenters. The van der Waals surface area contributed by atoms with Crippen LogP contribution in [0.4, 0.5) is 9.18 Å². The van der Waals surface area contributed by atoms with E-state index >= 15 is 0 Å². The van der Waals surface area contributed by atoms with Crippen LogP contribution in [0.3, 0.4) is 0 Å². The van der Waals surface area contributed by atoms with E-state index in [-0.39, 0.29) is 29.7 Å². The molecule has 3 amide bonds. The maximum atomic E-state index is 14.9. The molecule has 0 spiro atoms. The number of hydrogen-bond donors (Lipinski definition) is 4. The summed E-state index contributed by atoms with van der Waals surface area (Å²) in [5.41, 5.74) is 2.24. The number of hydrogen-bond acceptors (Lipinski definition) is 7. The molecule has 0 aromatic carbocycles. The van der Waals surface area contributed by atoms with E-state index in [9.17, 15) is 22.4 Å². The van der Waals surface area contributed by atoms with Crippen molar-refractivity contribution >= 4 is 33.6 Å². The summed E-state index contributed by atoms with van der Waals surface area (Å²) >= 11 is 6.27. The molecule has 2 saturated carbocycles. The molecule has 4 aliphatic rings. The van der Waals surface area contributed by atoms with Crippen LogP contribution in [0, 0.1) is 23.7 Å². The first-order valence-corrected chi connectivity index (χ1v) is 16.7. The average molecular weight is 609 g/mol. The van der Waals surface area contributed by atoms with Gasteiger partial charge in [0.25, 0.3) is 0 Å². The van der Waals surface area contributed by atoms with Gasteiger partial charge in [0, 0.05) is 46.0 Å². The Morgan fingerprint density at radius 1 is 1.10 bits per heavy atom. The second kappa shape index (κ2) is 14.3. The Morgan fingerprint density at radius 3 is 2.52 bits per heavy atom. The van der Waals surface area contributed by atoms with Crippen molar-refractivity contribution in [2.45, 2.75) is 75.1 Å². The number of alkyl halides is 2. The van der Waals surface area contributed by atoms with Gasteiger partial charge in [-0.25, -0.2) is 17.6 Å². The first kappa shape index (κ1) is 31.7. The van der Waals surface area contributed by atoms with Crippen molar-refractivity contribution < 1.29 is 27.1 Å². The summed E-state index contributed by atoms with van der Waals surface area (Å²) < 4.78 is 45.9. The molecule has 6 unspecified atom stereocenters. The molecule has 4 rings (SSSR count). The van der Waals surface area contributed by atoms with Gasteiger partial charge in [-0.15, -0.1) is 16.4 Å². The fourth-order valence-corrected chi connectivity index (χ4v) is 8.37. The number of urea groups is 1. The number of methoxy groups -OCH3 is 1. The second-order valence-corrected chi connectivity index (χ2v) is 14.5. The van der Waals surface area contributed by atoms with Gasteiger partial charge in [-0.3, -0.25) is 20.4 Å². The molecule has 2 heterocycles. The highest BCUT2D eigenvalue weighted by atomic mass is 35.5. The van der Waals surface area contributed by atoms with Gasteiger partial charge < -0.3 is 15.0 Å². The van der Waals surface area contributed by atoms with Gasteiger partial charge in [0.15, 0.2) is 0 Å². The van der Waals surface area contributed by atoms with Crippen molar-refractivity contribution in [1.29, 1.82) is 0 Å². The van der Waals surface area contributed by atoms with E-state index in [1.165, 1.54) is 0 Å². The summed E-state index contributed by atoms with van der Waals surface area (Å²) in [4.78, 5) is 31.6. The highest BCUT2D eigenvalue weighted by molar-refractivity contribution is 7.89. The zero-order valence-corrected chi connectivity index (χ0v) is 25.2. The Kier molecular flexibility index (Phi) is 11.3. The predicted molar refractivity (Wildman–Crippen MR) is 151 cm³/mol. The van der Waals surface area contributed by atoms with Crippen LogP contribution in [0.5, 0.6) is 0 Å². The van der Waals surface area contributed by atoms with Gasteiger partial charge in [-0.2, -0.15) is 0 Å². The fourth-order valence-electron chi connectivity index (χ4n) is 6.73. The van der Waals surface area contributed by atoms with E-state index in [4.69, 9.17) is 16.3 Å². The van der Waals surface area contributed by atoms with Gasteiger partial charge in [0.1, 0.15) is 6.17 Å². The standard InChI is InChI=1S/C26H46ClFN6O5S/c1-33-14-23(30-16-33)19-10-21(24(28)22(27)11-19)25(35)31-32-40(37,38)15-18-4-3-9-34(13-18)26(36)29-12-17-5-7-20(39-2)8-6-17/h17-24,30,32H,3-16H2,1-2H3,(H,29,36)(H,31,35). The third-order valence-corrected chi connectivity index (χ3v) is 10.9. The first-order chi connectivity index (χ1) is 19.0. The molecule has 2 aliphatic carbocycles. The number of halogens is 2. The van der Waals surface area contributed by atoms with Crippen molar-refractivity contribution in [2.75, 3.05) is 52.8 Å². The zero-order valence-electron chi connectivity index (χ0n) is 23.6. The van der Waals surface area contributed by atoms with Crippen LogP contribution in [0.1, 0.15) is 51.4 Å². The highest BCUT2D eigenvalue weighted by Crippen LogP contribution is 2.37. The Hall–Kier alpha value is -1.25. The number of likely N-dealkylation sites (tertiary alicyclic amines) is 1. The van der Waals surface area contributed by atoms with E-state index in [1.54, 1.807) is 12.0 Å². The summed E-state index contributed by atoms with van der Waals surface area (Å²) in [7, 11) is -0.177. The summed E-state index contributed by atoms with van der Waals surface area (Å²) in [6.07, 6.45) is 4.90. The lowest BCUT2D eigenvalue weighted by Crippen LogP contribution is -2.53. The van der Waals surface area contributed by atoms with Crippen molar-refractivity contribution in [3.8, 4) is 0 Å². The molecule has 230 valence electrons. The number of hydrazine groups is 1. The minimum atomic E-state index is -3.90. The molecule has 14 heteroatoms. The number of sulfonamides is 1. The van der Waals surface area contributed by atoms with Crippen LogP contribution >= 0.6 is 11.6 Å². The molecule has 40 heavy (non-hydrogen) atoms. The number of nitrogens with zero attached hydrogens (tertiary/aromatic N) is 2. The maximum absolute atomic E-state index is 14.9. The quantitative estimate of drug-likeness (QED) is 0.230. The first-order valence-electron chi connectivity index (χ1n) is 14.6. The number of likely N-dealkylation sites (N-methyl/N-ethyl adjacent to an activating group) is 1. The molecular weight excluding hydrogens is 563 g/mol. The Balaban J connectivity index is 1.21. The normalized spacial score (nSPS) is 35.9. The van der Waals surface area contributed by atoms with Gasteiger partial charge in [-0.1, -0.05) is 0 Å². The Labute approximate surface area is 242 Å². The van der Waals surface area contributed by atoms with Crippen LogP contribution in [0.25, 0.3) is 0 Å². The Bertz CT molecular complexity index is 971. The van der Waals surface area contributed by atoms with E-state index in [0.717, 1.165) is 38.9 Å². The molecule has 4 N–H and O–H groups in total. The number of ether oxygens (including phenoxy) is 1. The van der Waals surface area contributed by atoms with Crippen LogP contribution in [-0.4, -0.2) is 107 Å². The largest absolute Gasteiger partial charge is 0.381 e. The molecule has 2 saturated heterocycles. The van der Waals surface area contributed by atoms with E-state index < -0.39 is 33.4 Å². The second-order valence-electron chi connectivity index (χ2n) is 12.2. The highest BCUT2D eigenvalue weighted by Gasteiger charge is 2.44. The van der Waals surface area contributed by atoms with Crippen molar-refractivity contribution in [1.82, 2.24) is 30.7 Å². The van der Waals surface area contributed by atoms with E-state index in [0.29, 0.717) is 57.3 Å². The number of amides is 3. The molecule has 0 aromatic heterocycles. The van der Waals surface area contributed by atoms with Gasteiger partial charge in [0.2, 0.25) is 15.9 Å². The topological polar surface area (TPSA) is 132 Å². The molecule has 0 bridgehead atoms. The van der Waals surface area contributed by atoms with Crippen molar-refractivity contribution in [3.05, 3.63) is 0 Å². The van der Waals surface area contributed by atoms with Crippen LogP contribution in [0.2, 0.25) is 0 Å². The van der Waals surface area contributed by atoms with Crippen LogP contribution < -0.4 is 20.9 Å². The molecule has 2 aliphatic heterocycles. The molecule has 0 radical (unpaired) electrons. The minimum absolute atomic E-state index is 0.0200. The molecule has 0 aromatic rings. The summed E-state index contributed by atoms with van der Waals surface area (Å²) in [5, 5.41) is 5.59. The molecule has 11 nitrogen and oxygen atoms in total. The zero-order chi connectivity index (χ0) is 28.9. The summed E-state index contributed by atoms with van der Waals surface area (Å²) in [6, 6.07) is -0.0560. The molecule has 4 fully saturated rings. The van der Waals surface area contributed by atoms with Gasteiger partial charge >= 0.3 is 6.03 Å². The number of carbonyl (C=O) groups is 2. The minimum Gasteiger partial charge on any atom is -0.381 e. The van der Waals surface area contributed by atoms with Crippen molar-refractivity contribution in [2.24, 2.45) is 23.7 Å². The number of piperidine rings is 1. The number of rotatable bonds is 9. The SMILES string of the molecule is COC1CCC(CNC(=O)N2CCCC(CS(=O)(=O)NNC(=O)C3CC(C4CN(C)CN4)CC(Cl)C3F)C2)CC1. The van der Waals surface area contributed by atoms with E-state index in [2.05, 4.69) is 25.8 Å². The summed E-state index contributed by atoms with van der Waals surface area (Å²) in [5.74, 6) is -1.79. The summed E-state index contributed by atoms with van der Waals surface area (Å²) in [6.45, 7) is 3.02. The lowest BCUT2D eigenvalue weighted by molar-refractivity contribution is -0.129. The van der Waals surface area contributed by atoms with Gasteiger partial charge in [-0.05, 0) is 76.2 Å². The third-order valence-electron chi connectivity index (χ3n) is 9.11. The smallest absolute Gasteiger partial charge is 0.317 e. The molecular formula is C26H46ClFN6O5S. The number of carbonyl (C=O) groups excluding carboxylic acids is 2. The van der Waals surface area contributed by atoms with Crippen molar-refractivity contribution in [3.63, 3.8) is 0 Å². The maximum Gasteiger partial charge on any atom is 0.317 e. The van der Waals surface area contributed by atoms with Crippen LogP contribution in [0.15, 0.2) is 0 Å². The average Bonchev–Trinajstić information content (AvgIpc) is 3.38. The van der Waals surface area contributed by atoms with Crippen LogP contribution in [-0.2, 0) is 19.6 Å². The lowest BCUT2D eigenvalue weighted by atomic mass is 9.76. The monoisotopic (exact) mass is 608 g/mol. The predicted octanol–water partition coefficient (Wildman–Crippen LogP) is 1.40. The van der Waals surface area contributed by atoms with Gasteiger partial charge in [0.05, 0.1) is 23.2 Å². The number of nitrogens with one attached hydrogen (secondary N) is 4. The third kappa shape index (κ3) is 8.64. The fraction of sp³-hybridized carbons (Fsp3) is 0.923. The lowest BCUT2D eigenvalue weighted by Gasteiger charge is -2.37. The van der Waals surface area contributed by atoms with E-state index in [1.807, 2.05) is 7.05 Å².